The second-order valence-corrected chi connectivity index (χ2v) is 7.92. The fourth-order valence-corrected chi connectivity index (χ4v) is 4.47. The molecule has 170 valence electrons. The van der Waals surface area contributed by atoms with Gasteiger partial charge in [0.25, 0.3) is 0 Å². The summed E-state index contributed by atoms with van der Waals surface area (Å²) in [6.45, 7) is 9.20. The molecule has 2 heterocycles. The summed E-state index contributed by atoms with van der Waals surface area (Å²) in [6, 6.07) is 11.8. The van der Waals surface area contributed by atoms with Crippen LogP contribution in [0, 0.1) is 0 Å². The minimum atomic E-state index is -0.0599. The average Bonchev–Trinajstić information content (AvgIpc) is 3.08. The highest BCUT2D eigenvalue weighted by Crippen LogP contribution is 2.34. The van der Waals surface area contributed by atoms with Crippen molar-refractivity contribution >= 4 is 16.9 Å². The molecule has 3 aromatic rings. The number of ether oxygens (including phenoxy) is 2. The fraction of sp³-hybridized carbons (Fsp3) is 0.440. The molecular formula is C25H31N3O4. The molecule has 0 bridgehead atoms. The van der Waals surface area contributed by atoms with Gasteiger partial charge < -0.3 is 14.4 Å². The number of benzene rings is 2. The van der Waals surface area contributed by atoms with Gasteiger partial charge in [0.2, 0.25) is 5.91 Å². The van der Waals surface area contributed by atoms with Crippen LogP contribution in [0.3, 0.4) is 0 Å². The van der Waals surface area contributed by atoms with E-state index in [9.17, 15) is 9.59 Å². The van der Waals surface area contributed by atoms with Crippen molar-refractivity contribution in [3.63, 3.8) is 0 Å². The van der Waals surface area contributed by atoms with E-state index in [0.717, 1.165) is 34.5 Å². The molecule has 1 aromatic heterocycles. The Balaban J connectivity index is 1.50. The first-order valence-corrected chi connectivity index (χ1v) is 11.4. The molecule has 0 spiro atoms. The first-order valence-electron chi connectivity index (χ1n) is 11.4. The Morgan fingerprint density at radius 2 is 1.56 bits per heavy atom. The number of hydrogen-bond donors (Lipinski definition) is 0. The molecule has 0 fully saturated rings. The number of nitrogens with zero attached hydrogens (tertiary/aromatic N) is 3. The Hall–Kier alpha value is -3.22. The highest BCUT2D eigenvalue weighted by atomic mass is 16.5. The summed E-state index contributed by atoms with van der Waals surface area (Å²) in [5, 5.41) is 0. The molecule has 2 aromatic carbocycles. The molecule has 1 aliphatic rings. The summed E-state index contributed by atoms with van der Waals surface area (Å²) < 4.78 is 15.0. The standard InChI is InChI=1S/C25H31N3O4/c1-4-27-20-9-7-8-10-21(20)28(25(27)30)14-12-24(29)26-13-11-18-15-22(31-5-2)23(32-6-3)16-19(18)17-26/h7-10,15-16H,4-6,11-14,17H2,1-3H3. The third-order valence-electron chi connectivity index (χ3n) is 6.02. The van der Waals surface area contributed by atoms with E-state index in [0.29, 0.717) is 45.8 Å². The lowest BCUT2D eigenvalue weighted by molar-refractivity contribution is -0.132. The second-order valence-electron chi connectivity index (χ2n) is 7.92. The summed E-state index contributed by atoms with van der Waals surface area (Å²) in [6.07, 6.45) is 1.07. The van der Waals surface area contributed by atoms with Crippen LogP contribution in [0.15, 0.2) is 41.2 Å². The molecular weight excluding hydrogens is 406 g/mol. The van der Waals surface area contributed by atoms with Crippen LogP contribution in [-0.2, 0) is 30.8 Å². The van der Waals surface area contributed by atoms with E-state index >= 15 is 0 Å². The predicted octanol–water partition coefficient (Wildman–Crippen LogP) is 3.60. The fourth-order valence-electron chi connectivity index (χ4n) is 4.47. The van der Waals surface area contributed by atoms with Gasteiger partial charge in [-0.25, -0.2) is 4.79 Å². The van der Waals surface area contributed by atoms with Gasteiger partial charge in [-0.3, -0.25) is 13.9 Å². The molecule has 0 saturated carbocycles. The zero-order chi connectivity index (χ0) is 22.7. The quantitative estimate of drug-likeness (QED) is 0.540. The van der Waals surface area contributed by atoms with Crippen molar-refractivity contribution in [1.82, 2.24) is 14.0 Å². The molecule has 1 amide bonds. The van der Waals surface area contributed by atoms with Crippen molar-refractivity contribution in [2.45, 2.75) is 53.2 Å². The van der Waals surface area contributed by atoms with Crippen LogP contribution in [0.1, 0.15) is 38.3 Å². The molecule has 0 aliphatic carbocycles. The summed E-state index contributed by atoms with van der Waals surface area (Å²) >= 11 is 0. The van der Waals surface area contributed by atoms with Gasteiger partial charge in [0, 0.05) is 32.6 Å². The molecule has 0 N–H and O–H groups in total. The van der Waals surface area contributed by atoms with Crippen molar-refractivity contribution in [3.8, 4) is 11.5 Å². The molecule has 0 unspecified atom stereocenters. The number of imidazole rings is 1. The lowest BCUT2D eigenvalue weighted by Gasteiger charge is -2.30. The maximum Gasteiger partial charge on any atom is 0.329 e. The van der Waals surface area contributed by atoms with Crippen LogP contribution in [0.2, 0.25) is 0 Å². The maximum atomic E-state index is 13.0. The number of para-hydroxylation sites is 2. The van der Waals surface area contributed by atoms with E-state index in [-0.39, 0.29) is 11.6 Å². The lowest BCUT2D eigenvalue weighted by atomic mass is 9.98. The summed E-state index contributed by atoms with van der Waals surface area (Å²) in [4.78, 5) is 27.7. The van der Waals surface area contributed by atoms with Crippen LogP contribution in [-0.4, -0.2) is 39.7 Å². The lowest BCUT2D eigenvalue weighted by Crippen LogP contribution is -2.37. The van der Waals surface area contributed by atoms with E-state index in [1.54, 1.807) is 9.13 Å². The Labute approximate surface area is 188 Å². The molecule has 7 heteroatoms. The number of fused-ring (bicyclic) bond motifs is 2. The SMILES string of the molecule is CCOc1cc2c(cc1OCC)CN(C(=O)CCn1c(=O)n(CC)c3ccccc31)CC2. The number of hydrogen-bond acceptors (Lipinski definition) is 4. The maximum absolute atomic E-state index is 13.0. The van der Waals surface area contributed by atoms with Crippen molar-refractivity contribution in [3.05, 3.63) is 58.0 Å². The first kappa shape index (κ1) is 22.0. The van der Waals surface area contributed by atoms with E-state index in [2.05, 4.69) is 0 Å². The number of aryl methyl sites for hydroxylation is 2. The largest absolute Gasteiger partial charge is 0.490 e. The van der Waals surface area contributed by atoms with Crippen molar-refractivity contribution in [2.75, 3.05) is 19.8 Å². The van der Waals surface area contributed by atoms with Gasteiger partial charge >= 0.3 is 5.69 Å². The van der Waals surface area contributed by atoms with Gasteiger partial charge in [-0.1, -0.05) is 12.1 Å². The Morgan fingerprint density at radius 1 is 0.938 bits per heavy atom. The number of carbonyl (C=O) groups is 1. The van der Waals surface area contributed by atoms with Gasteiger partial charge in [-0.05, 0) is 62.6 Å². The predicted molar refractivity (Wildman–Crippen MR) is 124 cm³/mol. The molecule has 4 rings (SSSR count). The van der Waals surface area contributed by atoms with Gasteiger partial charge in [0.1, 0.15) is 0 Å². The minimum absolute atomic E-state index is 0.0581. The second kappa shape index (κ2) is 9.51. The molecule has 1 aliphatic heterocycles. The van der Waals surface area contributed by atoms with Crippen LogP contribution < -0.4 is 15.2 Å². The van der Waals surface area contributed by atoms with Crippen molar-refractivity contribution in [1.29, 1.82) is 0 Å². The van der Waals surface area contributed by atoms with Crippen LogP contribution in [0.5, 0.6) is 11.5 Å². The monoisotopic (exact) mass is 437 g/mol. The Morgan fingerprint density at radius 3 is 2.19 bits per heavy atom. The highest BCUT2D eigenvalue weighted by molar-refractivity contribution is 5.78. The topological polar surface area (TPSA) is 65.7 Å². The zero-order valence-electron chi connectivity index (χ0n) is 19.1. The Bertz CT molecular complexity index is 1180. The molecule has 0 saturated heterocycles. The van der Waals surface area contributed by atoms with Crippen LogP contribution in [0.4, 0.5) is 0 Å². The number of aromatic nitrogens is 2. The van der Waals surface area contributed by atoms with E-state index < -0.39 is 0 Å². The number of carbonyl (C=O) groups excluding carboxylic acids is 1. The van der Waals surface area contributed by atoms with Crippen molar-refractivity contribution in [2.24, 2.45) is 0 Å². The third kappa shape index (κ3) is 4.11. The van der Waals surface area contributed by atoms with Gasteiger partial charge in [-0.15, -0.1) is 0 Å². The van der Waals surface area contributed by atoms with Crippen LogP contribution in [0.25, 0.3) is 11.0 Å². The summed E-state index contributed by atoms with van der Waals surface area (Å²) in [5.41, 5.74) is 4.02. The van der Waals surface area contributed by atoms with Crippen LogP contribution >= 0.6 is 0 Å². The van der Waals surface area contributed by atoms with E-state index in [4.69, 9.17) is 9.47 Å². The molecule has 0 radical (unpaired) electrons. The minimum Gasteiger partial charge on any atom is -0.490 e. The number of amides is 1. The summed E-state index contributed by atoms with van der Waals surface area (Å²) in [7, 11) is 0. The normalized spacial score (nSPS) is 13.3. The van der Waals surface area contributed by atoms with E-state index in [1.165, 1.54) is 5.56 Å². The third-order valence-corrected chi connectivity index (χ3v) is 6.02. The molecule has 7 nitrogen and oxygen atoms in total. The van der Waals surface area contributed by atoms with Gasteiger partial charge in [0.05, 0.1) is 24.2 Å². The zero-order valence-corrected chi connectivity index (χ0v) is 19.1. The molecule has 0 atom stereocenters. The summed E-state index contributed by atoms with van der Waals surface area (Å²) in [5.74, 6) is 1.55. The first-order chi connectivity index (χ1) is 15.6. The van der Waals surface area contributed by atoms with Gasteiger partial charge in [-0.2, -0.15) is 0 Å². The molecule has 32 heavy (non-hydrogen) atoms. The van der Waals surface area contributed by atoms with E-state index in [1.807, 2.05) is 62.1 Å². The highest BCUT2D eigenvalue weighted by Gasteiger charge is 2.23. The average molecular weight is 438 g/mol. The Kier molecular flexibility index (Phi) is 6.53. The number of rotatable bonds is 8. The van der Waals surface area contributed by atoms with Crippen molar-refractivity contribution < 1.29 is 14.3 Å². The smallest absolute Gasteiger partial charge is 0.329 e. The van der Waals surface area contributed by atoms with Gasteiger partial charge in [0.15, 0.2) is 11.5 Å².